The Morgan fingerprint density at radius 2 is 1.85 bits per heavy atom. The van der Waals surface area contributed by atoms with Crippen molar-refractivity contribution in [3.8, 4) is 5.75 Å². The van der Waals surface area contributed by atoms with Crippen molar-refractivity contribution in [3.63, 3.8) is 0 Å². The van der Waals surface area contributed by atoms with Crippen LogP contribution in [0.25, 0.3) is 0 Å². The molecule has 1 atom stereocenters. The van der Waals surface area contributed by atoms with Crippen LogP contribution in [-0.4, -0.2) is 29.5 Å². The zero-order valence-electron chi connectivity index (χ0n) is 13.7. The summed E-state index contributed by atoms with van der Waals surface area (Å²) < 4.78 is 23.2. The lowest BCUT2D eigenvalue weighted by Crippen LogP contribution is -2.31. The largest absolute Gasteiger partial charge is 0.479 e. The number of carbonyl (C=O) groups is 2. The van der Waals surface area contributed by atoms with Crippen molar-refractivity contribution in [2.24, 2.45) is 0 Å². The van der Waals surface area contributed by atoms with Crippen LogP contribution >= 0.6 is 0 Å². The van der Waals surface area contributed by atoms with Gasteiger partial charge in [-0.05, 0) is 25.1 Å². The van der Waals surface area contributed by atoms with Gasteiger partial charge in [0.1, 0.15) is 5.69 Å². The molecule has 0 unspecified atom stereocenters. The fourth-order valence-corrected chi connectivity index (χ4v) is 1.96. The molecule has 2 aromatic carbocycles. The summed E-state index contributed by atoms with van der Waals surface area (Å²) in [6.07, 6.45) is -1.23. The molecule has 2 rings (SSSR count). The number of para-hydroxylation sites is 3. The zero-order chi connectivity index (χ0) is 19.1. The molecule has 136 valence electrons. The first kappa shape index (κ1) is 18.8. The number of nitrogens with zero attached hydrogens (tertiary/aromatic N) is 1. The molecule has 1 N–H and O–H groups in total. The predicted molar refractivity (Wildman–Crippen MR) is 89.2 cm³/mol. The van der Waals surface area contributed by atoms with Crippen molar-refractivity contribution < 1.29 is 28.4 Å². The van der Waals surface area contributed by atoms with Crippen molar-refractivity contribution in [1.82, 2.24) is 0 Å². The first-order chi connectivity index (χ1) is 12.4. The van der Waals surface area contributed by atoms with Crippen LogP contribution in [0.4, 0.5) is 15.8 Å². The number of ether oxygens (including phenoxy) is 2. The Morgan fingerprint density at radius 1 is 1.19 bits per heavy atom. The van der Waals surface area contributed by atoms with Crippen LogP contribution in [0.1, 0.15) is 6.92 Å². The Labute approximate surface area is 147 Å². The summed E-state index contributed by atoms with van der Waals surface area (Å²) in [7, 11) is 0. The fraction of sp³-hybridized carbons (Fsp3) is 0.176. The van der Waals surface area contributed by atoms with Crippen molar-refractivity contribution in [1.29, 1.82) is 0 Å². The minimum absolute atomic E-state index is 0.0204. The second kappa shape index (κ2) is 8.56. The molecule has 1 amide bonds. The fourth-order valence-electron chi connectivity index (χ4n) is 1.96. The average molecular weight is 362 g/mol. The van der Waals surface area contributed by atoms with Gasteiger partial charge in [0.15, 0.2) is 24.3 Å². The van der Waals surface area contributed by atoms with Gasteiger partial charge in [-0.1, -0.05) is 24.3 Å². The van der Waals surface area contributed by atoms with E-state index < -0.39 is 35.3 Å². The maximum absolute atomic E-state index is 13.4. The Kier molecular flexibility index (Phi) is 6.20. The molecule has 9 heteroatoms. The second-order valence-corrected chi connectivity index (χ2v) is 5.11. The molecule has 0 heterocycles. The number of hydrogen-bond donors (Lipinski definition) is 1. The van der Waals surface area contributed by atoms with Gasteiger partial charge in [0.2, 0.25) is 0 Å². The molecule has 0 fully saturated rings. The summed E-state index contributed by atoms with van der Waals surface area (Å²) in [6.45, 7) is 0.704. The predicted octanol–water partition coefficient (Wildman–Crippen LogP) is 2.68. The summed E-state index contributed by atoms with van der Waals surface area (Å²) in [5, 5.41) is 13.2. The highest BCUT2D eigenvalue weighted by Gasteiger charge is 2.22. The Bertz CT molecular complexity index is 826. The zero-order valence-corrected chi connectivity index (χ0v) is 13.7. The molecular formula is C17H15FN2O6. The maximum Gasteiger partial charge on any atom is 0.344 e. The van der Waals surface area contributed by atoms with E-state index in [1.807, 2.05) is 0 Å². The Morgan fingerprint density at radius 3 is 2.54 bits per heavy atom. The standard InChI is InChI=1S/C17H15FN2O6/c1-11(17(22)19-13-7-3-4-8-14(13)20(23)24)26-16(21)10-25-15-9-5-2-6-12(15)18/h2-9,11H,10H2,1H3,(H,19,22)/t11-/m0/s1. The molecule has 0 saturated carbocycles. The van der Waals surface area contributed by atoms with Gasteiger partial charge < -0.3 is 14.8 Å². The number of nitrogens with one attached hydrogen (secondary N) is 1. The Balaban J connectivity index is 1.90. The van der Waals surface area contributed by atoms with Gasteiger partial charge in [0, 0.05) is 6.07 Å². The third kappa shape index (κ3) is 5.00. The minimum Gasteiger partial charge on any atom is -0.479 e. The normalized spacial score (nSPS) is 11.3. The molecule has 0 aromatic heterocycles. The molecule has 8 nitrogen and oxygen atoms in total. The molecule has 0 spiro atoms. The van der Waals surface area contributed by atoms with Crippen LogP contribution in [0.15, 0.2) is 48.5 Å². The van der Waals surface area contributed by atoms with Gasteiger partial charge >= 0.3 is 5.97 Å². The first-order valence-electron chi connectivity index (χ1n) is 7.49. The van der Waals surface area contributed by atoms with E-state index in [0.717, 1.165) is 0 Å². The van der Waals surface area contributed by atoms with Crippen molar-refractivity contribution in [2.45, 2.75) is 13.0 Å². The number of nitro groups is 1. The average Bonchev–Trinajstić information content (AvgIpc) is 2.61. The lowest BCUT2D eigenvalue weighted by Gasteiger charge is -2.14. The lowest BCUT2D eigenvalue weighted by atomic mass is 10.2. The molecule has 0 bridgehead atoms. The van der Waals surface area contributed by atoms with Crippen molar-refractivity contribution in [3.05, 3.63) is 64.5 Å². The van der Waals surface area contributed by atoms with Crippen LogP contribution in [-0.2, 0) is 14.3 Å². The van der Waals surface area contributed by atoms with Crippen molar-refractivity contribution in [2.75, 3.05) is 11.9 Å². The van der Waals surface area contributed by atoms with E-state index in [4.69, 9.17) is 9.47 Å². The number of hydrogen-bond acceptors (Lipinski definition) is 6. The number of amides is 1. The van der Waals surface area contributed by atoms with E-state index in [9.17, 15) is 24.1 Å². The quantitative estimate of drug-likeness (QED) is 0.461. The monoisotopic (exact) mass is 362 g/mol. The number of esters is 1. The molecule has 0 saturated heterocycles. The summed E-state index contributed by atoms with van der Waals surface area (Å²) in [6, 6.07) is 11.1. The highest BCUT2D eigenvalue weighted by molar-refractivity contribution is 5.96. The van der Waals surface area contributed by atoms with Crippen molar-refractivity contribution >= 4 is 23.3 Å². The van der Waals surface area contributed by atoms with Gasteiger partial charge in [0.25, 0.3) is 11.6 Å². The van der Waals surface area contributed by atoms with Gasteiger partial charge in [0.05, 0.1) is 4.92 Å². The molecule has 2 aromatic rings. The van der Waals surface area contributed by atoms with E-state index in [0.29, 0.717) is 0 Å². The van der Waals surface area contributed by atoms with Gasteiger partial charge in [-0.2, -0.15) is 0 Å². The molecule has 0 aliphatic heterocycles. The molecular weight excluding hydrogens is 347 g/mol. The third-order valence-corrected chi connectivity index (χ3v) is 3.22. The van der Waals surface area contributed by atoms with Gasteiger partial charge in [-0.3, -0.25) is 14.9 Å². The highest BCUT2D eigenvalue weighted by Crippen LogP contribution is 2.23. The number of anilines is 1. The minimum atomic E-state index is -1.23. The van der Waals surface area contributed by atoms with Crippen LogP contribution in [0.3, 0.4) is 0 Å². The van der Waals surface area contributed by atoms with Crippen LogP contribution in [0.5, 0.6) is 5.75 Å². The lowest BCUT2D eigenvalue weighted by molar-refractivity contribution is -0.383. The number of halogens is 1. The summed E-state index contributed by atoms with van der Waals surface area (Å²) >= 11 is 0. The van der Waals surface area contributed by atoms with E-state index in [2.05, 4.69) is 5.32 Å². The summed E-state index contributed by atoms with van der Waals surface area (Å²) in [4.78, 5) is 34.0. The highest BCUT2D eigenvalue weighted by atomic mass is 19.1. The van der Waals surface area contributed by atoms with E-state index in [-0.39, 0.29) is 17.1 Å². The van der Waals surface area contributed by atoms with E-state index in [1.165, 1.54) is 55.5 Å². The van der Waals surface area contributed by atoms with E-state index in [1.54, 1.807) is 0 Å². The molecule has 0 aliphatic rings. The molecule has 0 aliphatic carbocycles. The van der Waals surface area contributed by atoms with E-state index >= 15 is 0 Å². The smallest absolute Gasteiger partial charge is 0.344 e. The van der Waals surface area contributed by atoms with Crippen LogP contribution < -0.4 is 10.1 Å². The summed E-state index contributed by atoms with van der Waals surface area (Å²) in [5.74, 6) is -2.40. The van der Waals surface area contributed by atoms with Crippen LogP contribution in [0.2, 0.25) is 0 Å². The number of carbonyl (C=O) groups excluding carboxylic acids is 2. The third-order valence-electron chi connectivity index (χ3n) is 3.22. The number of benzene rings is 2. The summed E-state index contributed by atoms with van der Waals surface area (Å²) in [5.41, 5.74) is -0.310. The van der Waals surface area contributed by atoms with Crippen LogP contribution in [0, 0.1) is 15.9 Å². The SMILES string of the molecule is C[C@H](OC(=O)COc1ccccc1F)C(=O)Nc1ccccc1[N+](=O)[O-]. The molecule has 0 radical (unpaired) electrons. The topological polar surface area (TPSA) is 108 Å². The molecule has 26 heavy (non-hydrogen) atoms. The first-order valence-corrected chi connectivity index (χ1v) is 7.49. The Hall–Kier alpha value is -3.49. The van der Waals surface area contributed by atoms with Gasteiger partial charge in [-0.25, -0.2) is 9.18 Å². The van der Waals surface area contributed by atoms with Gasteiger partial charge in [-0.15, -0.1) is 0 Å². The number of rotatable bonds is 7. The second-order valence-electron chi connectivity index (χ2n) is 5.11. The number of nitro benzene ring substituents is 1. The maximum atomic E-state index is 13.4.